The Kier molecular flexibility index (Phi) is 28.2. The number of hydrogen-bond donors (Lipinski definition) is 3. The maximum absolute atomic E-state index is 12.6. The number of anilines is 1. The molecule has 0 unspecified atom stereocenters. The van der Waals surface area contributed by atoms with Gasteiger partial charge >= 0.3 is 5.97 Å². The number of methoxy groups -OCH3 is 2. The normalized spacial score (nSPS) is 13.7. The topological polar surface area (TPSA) is 238 Å². The molecule has 0 saturated carbocycles. The third-order valence-corrected chi connectivity index (χ3v) is 14.5. The molecule has 2 aromatic carbocycles. The minimum absolute atomic E-state index is 0.0487. The highest BCUT2D eigenvalue weighted by Gasteiger charge is 2.40. The smallest absolute Gasteiger partial charge is 0.333 e. The van der Waals surface area contributed by atoms with E-state index in [-0.39, 0.29) is 11.3 Å². The number of ether oxygens (including phenoxy) is 10. The first kappa shape index (κ1) is 66.2. The van der Waals surface area contributed by atoms with Crippen LogP contribution >= 0.6 is 0 Å². The van der Waals surface area contributed by atoms with E-state index >= 15 is 0 Å². The molecular formula is C61H84N3O18S+. The summed E-state index contributed by atoms with van der Waals surface area (Å²) < 4.78 is 100. The number of rotatable bonds is 41. The van der Waals surface area contributed by atoms with E-state index in [1.165, 1.54) is 24.3 Å². The van der Waals surface area contributed by atoms with Gasteiger partial charge in [-0.25, -0.2) is 9.37 Å². The predicted molar refractivity (Wildman–Crippen MR) is 312 cm³/mol. The van der Waals surface area contributed by atoms with Gasteiger partial charge in [0.1, 0.15) is 24.7 Å². The van der Waals surface area contributed by atoms with Crippen LogP contribution in [-0.4, -0.2) is 187 Å². The van der Waals surface area contributed by atoms with Crippen LogP contribution in [0.3, 0.4) is 0 Å². The largest absolute Gasteiger partial charge is 0.492 e. The van der Waals surface area contributed by atoms with E-state index in [9.17, 15) is 28.0 Å². The zero-order valence-corrected chi connectivity index (χ0v) is 49.4. The number of carbonyl (C=O) groups excluding carboxylic acids is 1. The molecule has 1 aromatic heterocycles. The van der Waals surface area contributed by atoms with E-state index in [0.717, 1.165) is 44.6 Å². The molecule has 0 atom stereocenters. The molecule has 6 rings (SSSR count). The van der Waals surface area contributed by atoms with Crippen LogP contribution in [0.15, 0.2) is 106 Å². The van der Waals surface area contributed by atoms with Crippen molar-refractivity contribution in [1.29, 1.82) is 0 Å². The fourth-order valence-electron chi connectivity index (χ4n) is 9.32. The zero-order valence-electron chi connectivity index (χ0n) is 48.6. The van der Waals surface area contributed by atoms with E-state index in [2.05, 4.69) is 33.7 Å². The van der Waals surface area contributed by atoms with Gasteiger partial charge < -0.3 is 71.7 Å². The van der Waals surface area contributed by atoms with Gasteiger partial charge in [0, 0.05) is 73.3 Å². The second-order valence-electron chi connectivity index (χ2n) is 19.8. The molecule has 22 heteroatoms. The van der Waals surface area contributed by atoms with Crippen molar-refractivity contribution < 1.29 is 84.6 Å². The van der Waals surface area contributed by atoms with Crippen LogP contribution in [0.1, 0.15) is 56.4 Å². The van der Waals surface area contributed by atoms with Gasteiger partial charge in [0.2, 0.25) is 17.1 Å². The van der Waals surface area contributed by atoms with E-state index in [4.69, 9.17) is 56.6 Å². The number of carbonyl (C=O) groups is 1. The summed E-state index contributed by atoms with van der Waals surface area (Å²) >= 11 is 0. The van der Waals surface area contributed by atoms with Gasteiger partial charge in [-0.1, -0.05) is 56.7 Å². The van der Waals surface area contributed by atoms with E-state index < -0.39 is 33.3 Å². The van der Waals surface area contributed by atoms with Crippen LogP contribution in [0.25, 0.3) is 28.5 Å². The first-order valence-electron chi connectivity index (χ1n) is 28.1. The fourth-order valence-corrected chi connectivity index (χ4v) is 9.83. The molecule has 0 spiro atoms. The fraction of sp³-hybridized carbons (Fsp3) is 0.508. The van der Waals surface area contributed by atoms with Crippen LogP contribution in [0.2, 0.25) is 0 Å². The summed E-state index contributed by atoms with van der Waals surface area (Å²) in [6.07, 6.45) is 7.68. The molecule has 0 amide bonds. The first-order chi connectivity index (χ1) is 40.2. The predicted octanol–water partition coefficient (Wildman–Crippen LogP) is 6.93. The van der Waals surface area contributed by atoms with Gasteiger partial charge in [-0.3, -0.25) is 4.55 Å². The van der Waals surface area contributed by atoms with Crippen molar-refractivity contribution in [1.82, 2.24) is 9.31 Å². The van der Waals surface area contributed by atoms with Crippen molar-refractivity contribution in [3.63, 3.8) is 0 Å². The van der Waals surface area contributed by atoms with E-state index in [0.29, 0.717) is 174 Å². The molecule has 3 heterocycles. The molecule has 1 aliphatic carbocycles. The number of aromatic nitrogens is 1. The number of benzene rings is 3. The van der Waals surface area contributed by atoms with Gasteiger partial charge in [-0.2, -0.15) is 8.42 Å². The molecule has 21 nitrogen and oxygen atoms in total. The Morgan fingerprint density at radius 3 is 1.71 bits per heavy atom. The molecule has 0 bridgehead atoms. The summed E-state index contributed by atoms with van der Waals surface area (Å²) in [5.41, 5.74) is 5.60. The summed E-state index contributed by atoms with van der Waals surface area (Å²) in [7, 11) is -1.22. The van der Waals surface area contributed by atoms with E-state index in [1.807, 2.05) is 63.3 Å². The van der Waals surface area contributed by atoms with Crippen molar-refractivity contribution >= 4 is 27.9 Å². The van der Waals surface area contributed by atoms with Crippen LogP contribution in [0.4, 0.5) is 5.69 Å². The van der Waals surface area contributed by atoms with Crippen molar-refractivity contribution in [2.45, 2.75) is 56.8 Å². The molecular weight excluding hydrogens is 1090 g/mol. The van der Waals surface area contributed by atoms with Crippen molar-refractivity contribution in [3.8, 4) is 34.2 Å². The number of aromatic hydroxyl groups is 2. The lowest BCUT2D eigenvalue weighted by Gasteiger charge is -2.27. The van der Waals surface area contributed by atoms with E-state index in [1.54, 1.807) is 20.3 Å². The summed E-state index contributed by atoms with van der Waals surface area (Å²) in [5, 5.41) is 20.7. The molecule has 3 N–H and O–H groups in total. The molecule has 83 heavy (non-hydrogen) atoms. The van der Waals surface area contributed by atoms with Gasteiger partial charge in [0.05, 0.1) is 117 Å². The summed E-state index contributed by atoms with van der Waals surface area (Å²) in [5.74, 6) is -0.108. The lowest BCUT2D eigenvalue weighted by molar-refractivity contribution is -0.145. The van der Waals surface area contributed by atoms with Crippen LogP contribution in [0, 0.1) is 6.92 Å². The number of nitrogens with zero attached hydrogens (tertiary/aromatic N) is 3. The maximum atomic E-state index is 12.6. The lowest BCUT2D eigenvalue weighted by Crippen LogP contribution is -2.36. The van der Waals surface area contributed by atoms with Crippen LogP contribution < -0.4 is 19.7 Å². The van der Waals surface area contributed by atoms with Gasteiger partial charge in [0.25, 0.3) is 10.1 Å². The SMILES string of the molecule is COCCOCCOCCOCCOCC[N+](CCOCCOCCOCCOCCOC)=c1ccc2c(-c3ccccc3)c(C)c(C=CC=C3N(CCCCCC(=O)On4c(O)ccc4O)c4ccc(S(=O)(=O)O)cc4C3(C)C)oc-2c1. The standard InChI is InChI=1S/C61H83N3O18S/c1-47-54(15-12-16-56-61(2,3)52-46-50(83(68,69)70)19-21-53(52)63(56)24-11-7-10-17-59(67)82-64-57(65)22-23-58(64)66)81-55-45-49(18-20-51(55)60(47)48-13-8-6-9-14-48)62(25-27-73-33-35-77-41-43-79-39-37-75-31-29-71-4)26-28-74-34-36-78-42-44-80-40-38-76-32-30-72-5/h6,8-9,12-16,18-23,45-46H,7,10-11,17,24-44H2,1-5H3,(H2-,65,66,68,69,70)/p+1. The highest BCUT2D eigenvalue weighted by Crippen LogP contribution is 2.49. The lowest BCUT2D eigenvalue weighted by atomic mass is 9.83. The van der Waals surface area contributed by atoms with Gasteiger partial charge in [0.15, 0.2) is 13.1 Å². The molecule has 0 radical (unpaired) electrons. The minimum atomic E-state index is -4.49. The van der Waals surface area contributed by atoms with Crippen molar-refractivity contribution in [2.75, 3.05) is 158 Å². The Bertz CT molecular complexity index is 2900. The number of hydrogen-bond acceptors (Lipinski definition) is 18. The van der Waals surface area contributed by atoms with Gasteiger partial charge in [-0.15, -0.1) is 4.73 Å². The Morgan fingerprint density at radius 2 is 1.18 bits per heavy atom. The first-order valence-corrected chi connectivity index (χ1v) is 29.6. The number of allylic oxidation sites excluding steroid dienone is 3. The highest BCUT2D eigenvalue weighted by molar-refractivity contribution is 7.85. The monoisotopic (exact) mass is 1180 g/mol. The summed E-state index contributed by atoms with van der Waals surface area (Å²) in [6.45, 7) is 16.1. The third-order valence-electron chi connectivity index (χ3n) is 13.6. The molecule has 0 saturated heterocycles. The Morgan fingerprint density at radius 1 is 0.651 bits per heavy atom. The maximum Gasteiger partial charge on any atom is 0.333 e. The Balaban J connectivity index is 1.20. The molecule has 3 aromatic rings. The number of fused-ring (bicyclic) bond motifs is 2. The Hall–Kier alpha value is -5.99. The quantitative estimate of drug-likeness (QED) is 0.0204. The number of unbranched alkanes of at least 4 members (excludes halogenated alkanes) is 2. The molecule has 2 aliphatic heterocycles. The summed E-state index contributed by atoms with van der Waals surface area (Å²) in [4.78, 5) is 19.6. The van der Waals surface area contributed by atoms with Gasteiger partial charge in [-0.05, 0) is 72.9 Å². The Labute approximate surface area is 487 Å². The molecule has 3 aliphatic rings. The second-order valence-corrected chi connectivity index (χ2v) is 21.3. The molecule has 456 valence electrons. The average molecular weight is 1180 g/mol. The average Bonchev–Trinajstić information content (AvgIpc) is 4.13. The van der Waals surface area contributed by atoms with Crippen molar-refractivity contribution in [2.24, 2.45) is 0 Å². The van der Waals surface area contributed by atoms with Crippen LogP contribution in [-0.2, 0) is 67.7 Å². The minimum Gasteiger partial charge on any atom is -0.492 e. The van der Waals surface area contributed by atoms with Crippen molar-refractivity contribution in [3.05, 3.63) is 119 Å². The highest BCUT2D eigenvalue weighted by atomic mass is 32.2. The third kappa shape index (κ3) is 20.9. The molecule has 0 fully saturated rings. The summed E-state index contributed by atoms with van der Waals surface area (Å²) in [6, 6.07) is 23.5. The second kappa shape index (κ2) is 35.3. The van der Waals surface area contributed by atoms with Crippen LogP contribution in [0.5, 0.6) is 11.8 Å². The zero-order chi connectivity index (χ0) is 59.3.